The number of ether oxygens (including phenoxy) is 1. The molecule has 0 spiro atoms. The number of hydrogen-bond acceptors (Lipinski definition) is 5. The zero-order valence-corrected chi connectivity index (χ0v) is 12.3. The van der Waals surface area contributed by atoms with E-state index in [0.717, 1.165) is 22.8 Å². The number of morpholine rings is 1. The number of carboxylic acids is 1. The summed E-state index contributed by atoms with van der Waals surface area (Å²) in [5.74, 6) is -0.900. The van der Waals surface area contributed by atoms with Crippen LogP contribution < -0.4 is 0 Å². The lowest BCUT2D eigenvalue weighted by atomic mass is 10.2. The highest BCUT2D eigenvalue weighted by atomic mass is 32.1. The highest BCUT2D eigenvalue weighted by Crippen LogP contribution is 2.24. The van der Waals surface area contributed by atoms with E-state index >= 15 is 0 Å². The third-order valence-corrected chi connectivity index (χ3v) is 4.32. The van der Waals surface area contributed by atoms with Gasteiger partial charge in [-0.3, -0.25) is 4.90 Å². The molecule has 1 atom stereocenters. The van der Waals surface area contributed by atoms with Gasteiger partial charge in [0.1, 0.15) is 5.01 Å². The minimum atomic E-state index is -0.900. The minimum absolute atomic E-state index is 0.410. The number of hydrogen-bond donors (Lipinski definition) is 1. The van der Waals surface area contributed by atoms with Crippen molar-refractivity contribution in [1.29, 1.82) is 0 Å². The van der Waals surface area contributed by atoms with Crippen molar-refractivity contribution in [2.24, 2.45) is 0 Å². The van der Waals surface area contributed by atoms with E-state index in [2.05, 4.69) is 9.88 Å². The lowest BCUT2D eigenvalue weighted by molar-refractivity contribution is -0.156. The maximum absolute atomic E-state index is 11.0. The van der Waals surface area contributed by atoms with E-state index in [9.17, 15) is 4.79 Å². The second-order valence-electron chi connectivity index (χ2n) is 4.94. The summed E-state index contributed by atoms with van der Waals surface area (Å²) in [4.78, 5) is 17.7. The SMILES string of the molecule is O=C(O)C1CN(Cc2csc(-c3ccccc3)n2)CCO1. The van der Waals surface area contributed by atoms with Gasteiger partial charge in [-0.1, -0.05) is 30.3 Å². The van der Waals surface area contributed by atoms with Gasteiger partial charge in [0, 0.05) is 30.6 Å². The first kappa shape index (κ1) is 14.2. The number of aromatic nitrogens is 1. The Morgan fingerprint density at radius 2 is 2.24 bits per heavy atom. The highest BCUT2D eigenvalue weighted by molar-refractivity contribution is 7.13. The van der Waals surface area contributed by atoms with Crippen LogP contribution in [0, 0.1) is 0 Å². The highest BCUT2D eigenvalue weighted by Gasteiger charge is 2.26. The topological polar surface area (TPSA) is 62.7 Å². The zero-order valence-electron chi connectivity index (χ0n) is 11.4. The van der Waals surface area contributed by atoms with Crippen LogP contribution in [0.25, 0.3) is 10.6 Å². The van der Waals surface area contributed by atoms with Crippen molar-refractivity contribution in [3.8, 4) is 10.6 Å². The smallest absolute Gasteiger partial charge is 0.334 e. The van der Waals surface area contributed by atoms with Gasteiger partial charge in [-0.05, 0) is 0 Å². The summed E-state index contributed by atoms with van der Waals surface area (Å²) in [5.41, 5.74) is 2.09. The molecule has 0 aliphatic carbocycles. The molecule has 2 aromatic rings. The average Bonchev–Trinajstić information content (AvgIpc) is 2.97. The second kappa shape index (κ2) is 6.34. The largest absolute Gasteiger partial charge is 0.479 e. The molecule has 1 unspecified atom stereocenters. The van der Waals surface area contributed by atoms with Crippen LogP contribution in [-0.4, -0.2) is 46.8 Å². The van der Waals surface area contributed by atoms with E-state index in [-0.39, 0.29) is 0 Å². The van der Waals surface area contributed by atoms with Crippen LogP contribution in [0.15, 0.2) is 35.7 Å². The fourth-order valence-corrected chi connectivity index (χ4v) is 3.13. The van der Waals surface area contributed by atoms with Gasteiger partial charge in [0.05, 0.1) is 12.3 Å². The maximum atomic E-state index is 11.0. The molecule has 1 aromatic carbocycles. The van der Waals surface area contributed by atoms with Gasteiger partial charge in [0.25, 0.3) is 0 Å². The van der Waals surface area contributed by atoms with Crippen LogP contribution in [0.2, 0.25) is 0 Å². The number of carboxylic acid groups (broad SMARTS) is 1. The van der Waals surface area contributed by atoms with Gasteiger partial charge >= 0.3 is 5.97 Å². The van der Waals surface area contributed by atoms with Gasteiger partial charge < -0.3 is 9.84 Å². The summed E-state index contributed by atoms with van der Waals surface area (Å²) in [6.45, 7) is 2.26. The quantitative estimate of drug-likeness (QED) is 0.937. The molecule has 1 N–H and O–H groups in total. The van der Waals surface area contributed by atoms with Crippen molar-refractivity contribution in [3.63, 3.8) is 0 Å². The molecule has 1 aromatic heterocycles. The molecule has 6 heteroatoms. The summed E-state index contributed by atoms with van der Waals surface area (Å²) in [6, 6.07) is 10.1. The summed E-state index contributed by atoms with van der Waals surface area (Å²) in [6.07, 6.45) is -0.731. The van der Waals surface area contributed by atoms with Crippen molar-refractivity contribution in [2.45, 2.75) is 12.6 Å². The van der Waals surface area contributed by atoms with Crippen LogP contribution in [0.4, 0.5) is 0 Å². The average molecular weight is 304 g/mol. The summed E-state index contributed by atoms with van der Waals surface area (Å²) >= 11 is 1.61. The predicted molar refractivity (Wildman–Crippen MR) is 80.2 cm³/mol. The Bertz CT molecular complexity index is 614. The molecule has 0 saturated carbocycles. The molecule has 1 fully saturated rings. The first-order chi connectivity index (χ1) is 10.2. The third-order valence-electron chi connectivity index (χ3n) is 3.38. The zero-order chi connectivity index (χ0) is 14.7. The van der Waals surface area contributed by atoms with Crippen molar-refractivity contribution in [1.82, 2.24) is 9.88 Å². The molecule has 5 nitrogen and oxygen atoms in total. The van der Waals surface area contributed by atoms with Crippen LogP contribution in [0.3, 0.4) is 0 Å². The van der Waals surface area contributed by atoms with Gasteiger partial charge in [-0.15, -0.1) is 11.3 Å². The summed E-state index contributed by atoms with van der Waals surface area (Å²) in [5, 5.41) is 12.0. The maximum Gasteiger partial charge on any atom is 0.334 e. The first-order valence-electron chi connectivity index (χ1n) is 6.79. The Morgan fingerprint density at radius 1 is 1.43 bits per heavy atom. The van der Waals surface area contributed by atoms with E-state index in [1.54, 1.807) is 11.3 Å². The molecular formula is C15H16N2O3S. The van der Waals surface area contributed by atoms with Crippen LogP contribution >= 0.6 is 11.3 Å². The molecule has 1 aliphatic rings. The summed E-state index contributed by atoms with van der Waals surface area (Å²) in [7, 11) is 0. The van der Waals surface area contributed by atoms with Gasteiger partial charge in [-0.2, -0.15) is 0 Å². The molecule has 3 rings (SSSR count). The molecule has 2 heterocycles. The van der Waals surface area contributed by atoms with E-state index in [1.807, 2.05) is 35.7 Å². The van der Waals surface area contributed by atoms with E-state index < -0.39 is 12.1 Å². The number of rotatable bonds is 4. The molecule has 110 valence electrons. The molecule has 1 aliphatic heterocycles. The Kier molecular flexibility index (Phi) is 4.28. The monoisotopic (exact) mass is 304 g/mol. The number of thiazole rings is 1. The lowest BCUT2D eigenvalue weighted by Crippen LogP contribution is -2.45. The fraction of sp³-hybridized carbons (Fsp3) is 0.333. The van der Waals surface area contributed by atoms with Gasteiger partial charge in [0.15, 0.2) is 6.10 Å². The van der Waals surface area contributed by atoms with Crippen LogP contribution in [0.5, 0.6) is 0 Å². The number of benzene rings is 1. The Hall–Kier alpha value is -1.76. The van der Waals surface area contributed by atoms with E-state index in [4.69, 9.17) is 9.84 Å². The molecule has 1 saturated heterocycles. The number of aliphatic carboxylic acids is 1. The Morgan fingerprint density at radius 3 is 3.00 bits per heavy atom. The normalized spacial score (nSPS) is 19.5. The number of carbonyl (C=O) groups is 1. The predicted octanol–water partition coefficient (Wildman–Crippen LogP) is 2.10. The lowest BCUT2D eigenvalue weighted by Gasteiger charge is -2.30. The van der Waals surface area contributed by atoms with Crippen LogP contribution in [-0.2, 0) is 16.1 Å². The molecular weight excluding hydrogens is 288 g/mol. The minimum Gasteiger partial charge on any atom is -0.479 e. The molecule has 0 radical (unpaired) electrons. The Balaban J connectivity index is 1.66. The van der Waals surface area contributed by atoms with E-state index in [0.29, 0.717) is 19.7 Å². The number of nitrogens with zero attached hydrogens (tertiary/aromatic N) is 2. The fourth-order valence-electron chi connectivity index (χ4n) is 2.32. The first-order valence-corrected chi connectivity index (χ1v) is 7.67. The Labute approximate surface area is 126 Å². The molecule has 0 bridgehead atoms. The van der Waals surface area contributed by atoms with Crippen molar-refractivity contribution >= 4 is 17.3 Å². The van der Waals surface area contributed by atoms with E-state index in [1.165, 1.54) is 0 Å². The summed E-state index contributed by atoms with van der Waals surface area (Å²) < 4.78 is 5.22. The molecule has 21 heavy (non-hydrogen) atoms. The second-order valence-corrected chi connectivity index (χ2v) is 5.80. The standard InChI is InChI=1S/C15H16N2O3S/c18-15(19)13-9-17(6-7-20-13)8-12-10-21-14(16-12)11-4-2-1-3-5-11/h1-5,10,13H,6-9H2,(H,18,19). The van der Waals surface area contributed by atoms with Crippen molar-refractivity contribution in [3.05, 3.63) is 41.4 Å². The van der Waals surface area contributed by atoms with Crippen molar-refractivity contribution < 1.29 is 14.6 Å². The van der Waals surface area contributed by atoms with Gasteiger partial charge in [-0.25, -0.2) is 9.78 Å². The molecule has 0 amide bonds. The van der Waals surface area contributed by atoms with Crippen molar-refractivity contribution in [2.75, 3.05) is 19.7 Å². The third kappa shape index (κ3) is 3.47. The van der Waals surface area contributed by atoms with Gasteiger partial charge in [0.2, 0.25) is 0 Å². The van der Waals surface area contributed by atoms with Crippen LogP contribution in [0.1, 0.15) is 5.69 Å².